The van der Waals surface area contributed by atoms with Crippen LogP contribution in [0.25, 0.3) is 0 Å². The average Bonchev–Trinajstić information content (AvgIpc) is 2.74. The molecule has 0 fully saturated rings. The van der Waals surface area contributed by atoms with Crippen LogP contribution in [0.2, 0.25) is 0 Å². The summed E-state index contributed by atoms with van der Waals surface area (Å²) in [5.41, 5.74) is 5.55. The maximum absolute atomic E-state index is 11.7. The van der Waals surface area contributed by atoms with Crippen LogP contribution >= 0.6 is 0 Å². The van der Waals surface area contributed by atoms with Crippen molar-refractivity contribution in [2.45, 2.75) is 26.8 Å². The number of benzene rings is 3. The average molecular weight is 403 g/mol. The first-order valence-corrected chi connectivity index (χ1v) is 9.71. The maximum atomic E-state index is 11.7. The number of aromatic hydroxyl groups is 1. The molecule has 0 aromatic heterocycles. The Kier molecular flexibility index (Phi) is 6.52. The number of carbonyl (C=O) groups is 2. The number of phenolic OH excluding ortho intramolecular Hbond substituents is 1. The van der Waals surface area contributed by atoms with Crippen LogP contribution in [0.15, 0.2) is 60.7 Å². The first-order valence-electron chi connectivity index (χ1n) is 9.71. The van der Waals surface area contributed by atoms with E-state index in [2.05, 4.69) is 11.4 Å². The van der Waals surface area contributed by atoms with E-state index in [1.165, 1.54) is 14.0 Å². The zero-order valence-electron chi connectivity index (χ0n) is 17.4. The van der Waals surface area contributed by atoms with Crippen LogP contribution < -0.4 is 5.32 Å². The minimum atomic E-state index is -0.343. The van der Waals surface area contributed by atoms with Crippen molar-refractivity contribution in [1.82, 2.24) is 0 Å². The van der Waals surface area contributed by atoms with Gasteiger partial charge in [-0.15, -0.1) is 0 Å². The predicted molar refractivity (Wildman–Crippen MR) is 117 cm³/mol. The van der Waals surface area contributed by atoms with Crippen LogP contribution in [0.1, 0.15) is 49.9 Å². The number of anilines is 1. The lowest BCUT2D eigenvalue weighted by atomic mass is 10.0. The lowest BCUT2D eigenvalue weighted by Crippen LogP contribution is -2.04. The maximum Gasteiger partial charge on any atom is 0.337 e. The third kappa shape index (κ3) is 4.87. The Bertz CT molecular complexity index is 1090. The Morgan fingerprint density at radius 2 is 1.63 bits per heavy atom. The highest BCUT2D eigenvalue weighted by Gasteiger charge is 2.12. The summed E-state index contributed by atoms with van der Waals surface area (Å²) in [6, 6.07) is 19.1. The minimum Gasteiger partial charge on any atom is -0.507 e. The normalized spacial score (nSPS) is 10.5. The SMILES string of the molecule is COC(=O)c1cccc(Cc2cccc(CNc3ccc(C(C)=O)c(O)c3C)c2)c1. The summed E-state index contributed by atoms with van der Waals surface area (Å²) in [5, 5.41) is 13.6. The van der Waals surface area contributed by atoms with E-state index in [4.69, 9.17) is 4.74 Å². The van der Waals surface area contributed by atoms with Crippen LogP contribution in [-0.4, -0.2) is 24.0 Å². The van der Waals surface area contributed by atoms with Gasteiger partial charge < -0.3 is 15.2 Å². The van der Waals surface area contributed by atoms with Gasteiger partial charge >= 0.3 is 5.97 Å². The highest BCUT2D eigenvalue weighted by molar-refractivity contribution is 5.97. The molecule has 30 heavy (non-hydrogen) atoms. The summed E-state index contributed by atoms with van der Waals surface area (Å²) in [5.74, 6) is -0.484. The van der Waals surface area contributed by atoms with Crippen LogP contribution in [0.4, 0.5) is 5.69 Å². The molecule has 0 bridgehead atoms. The molecule has 154 valence electrons. The van der Waals surface area contributed by atoms with E-state index in [0.29, 0.717) is 29.7 Å². The Balaban J connectivity index is 1.72. The zero-order chi connectivity index (χ0) is 21.7. The van der Waals surface area contributed by atoms with Gasteiger partial charge in [-0.25, -0.2) is 4.79 Å². The molecule has 2 N–H and O–H groups in total. The fourth-order valence-electron chi connectivity index (χ4n) is 3.38. The van der Waals surface area contributed by atoms with Gasteiger partial charge in [0.25, 0.3) is 0 Å². The van der Waals surface area contributed by atoms with Crippen LogP contribution in [0, 0.1) is 6.92 Å². The number of hydrogen-bond acceptors (Lipinski definition) is 5. The van der Waals surface area contributed by atoms with Gasteiger partial charge in [-0.2, -0.15) is 0 Å². The lowest BCUT2D eigenvalue weighted by Gasteiger charge is -2.13. The summed E-state index contributed by atoms with van der Waals surface area (Å²) < 4.78 is 4.79. The Morgan fingerprint density at radius 1 is 0.967 bits per heavy atom. The van der Waals surface area contributed by atoms with Crippen molar-refractivity contribution >= 4 is 17.4 Å². The van der Waals surface area contributed by atoms with Gasteiger partial charge in [-0.05, 0) is 61.2 Å². The van der Waals surface area contributed by atoms with Crippen molar-refractivity contribution in [3.8, 4) is 5.75 Å². The fraction of sp³-hybridized carbons (Fsp3) is 0.200. The summed E-state index contributed by atoms with van der Waals surface area (Å²) in [6.07, 6.45) is 0.700. The molecular weight excluding hydrogens is 378 g/mol. The molecule has 0 amide bonds. The standard InChI is InChI=1S/C25H25NO4/c1-16-23(11-10-22(17(2)27)24(16)28)26-15-20-8-4-6-18(13-20)12-19-7-5-9-21(14-19)25(29)30-3/h4-11,13-14,26,28H,12,15H2,1-3H3. The van der Waals surface area contributed by atoms with E-state index in [-0.39, 0.29) is 17.5 Å². The number of esters is 1. The van der Waals surface area contributed by atoms with Crippen molar-refractivity contribution in [2.75, 3.05) is 12.4 Å². The molecule has 0 heterocycles. The van der Waals surface area contributed by atoms with E-state index in [1.54, 1.807) is 19.1 Å². The van der Waals surface area contributed by atoms with Gasteiger partial charge in [-0.3, -0.25) is 4.79 Å². The van der Waals surface area contributed by atoms with Crippen LogP contribution in [-0.2, 0) is 17.7 Å². The van der Waals surface area contributed by atoms with Crippen molar-refractivity contribution < 1.29 is 19.4 Å². The quantitative estimate of drug-likeness (QED) is 0.434. The molecule has 0 atom stereocenters. The van der Waals surface area contributed by atoms with Crippen molar-refractivity contribution in [2.24, 2.45) is 0 Å². The van der Waals surface area contributed by atoms with Gasteiger partial charge in [0.2, 0.25) is 0 Å². The molecule has 0 aliphatic heterocycles. The molecule has 3 rings (SSSR count). The fourth-order valence-corrected chi connectivity index (χ4v) is 3.38. The molecule has 5 nitrogen and oxygen atoms in total. The third-order valence-electron chi connectivity index (χ3n) is 5.04. The van der Waals surface area contributed by atoms with E-state index < -0.39 is 0 Å². The Morgan fingerprint density at radius 3 is 2.33 bits per heavy atom. The van der Waals surface area contributed by atoms with E-state index in [0.717, 1.165) is 22.4 Å². The predicted octanol–water partition coefficient (Wildman–Crippen LogP) is 4.89. The molecule has 0 aliphatic rings. The van der Waals surface area contributed by atoms with Crippen molar-refractivity contribution in [1.29, 1.82) is 0 Å². The van der Waals surface area contributed by atoms with Crippen LogP contribution in [0.5, 0.6) is 5.75 Å². The summed E-state index contributed by atoms with van der Waals surface area (Å²) in [7, 11) is 1.38. The first-order chi connectivity index (χ1) is 14.4. The first kappa shape index (κ1) is 21.1. The summed E-state index contributed by atoms with van der Waals surface area (Å²) in [4.78, 5) is 23.3. The molecule has 0 saturated heterocycles. The number of ether oxygens (including phenoxy) is 1. The van der Waals surface area contributed by atoms with Crippen molar-refractivity contribution in [3.63, 3.8) is 0 Å². The molecule has 0 aliphatic carbocycles. The van der Waals surface area contributed by atoms with E-state index in [9.17, 15) is 14.7 Å². The second-order valence-corrected chi connectivity index (χ2v) is 7.23. The molecule has 0 radical (unpaired) electrons. The smallest absolute Gasteiger partial charge is 0.337 e. The number of methoxy groups -OCH3 is 1. The molecule has 3 aromatic rings. The molecule has 3 aromatic carbocycles. The highest BCUT2D eigenvalue weighted by atomic mass is 16.5. The Labute approximate surface area is 176 Å². The van der Waals surface area contributed by atoms with E-state index >= 15 is 0 Å². The number of Topliss-reactive ketones (excluding diaryl/α,β-unsaturated/α-hetero) is 1. The van der Waals surface area contributed by atoms with Crippen LogP contribution in [0.3, 0.4) is 0 Å². The van der Waals surface area contributed by atoms with Crippen molar-refractivity contribution in [3.05, 3.63) is 94.0 Å². The van der Waals surface area contributed by atoms with Gasteiger partial charge in [0.05, 0.1) is 18.2 Å². The van der Waals surface area contributed by atoms with Gasteiger partial charge in [0.15, 0.2) is 5.78 Å². The highest BCUT2D eigenvalue weighted by Crippen LogP contribution is 2.29. The number of nitrogens with one attached hydrogen (secondary N) is 1. The van der Waals surface area contributed by atoms with Gasteiger partial charge in [-0.1, -0.05) is 36.4 Å². The monoisotopic (exact) mass is 403 g/mol. The second-order valence-electron chi connectivity index (χ2n) is 7.23. The number of ketones is 1. The summed E-state index contributed by atoms with van der Waals surface area (Å²) in [6.45, 7) is 3.80. The zero-order valence-corrected chi connectivity index (χ0v) is 17.4. The second kappa shape index (κ2) is 9.27. The number of carbonyl (C=O) groups excluding carboxylic acids is 2. The van der Waals surface area contributed by atoms with E-state index in [1.807, 2.05) is 42.5 Å². The molecular formula is C25H25NO4. The number of rotatable bonds is 7. The minimum absolute atomic E-state index is 0.0201. The Hall–Kier alpha value is -3.60. The number of hydrogen-bond donors (Lipinski definition) is 2. The summed E-state index contributed by atoms with van der Waals surface area (Å²) >= 11 is 0. The molecule has 0 saturated carbocycles. The van der Waals surface area contributed by atoms with Gasteiger partial charge in [0.1, 0.15) is 5.75 Å². The topological polar surface area (TPSA) is 75.6 Å². The molecule has 5 heteroatoms. The number of phenols is 1. The third-order valence-corrected chi connectivity index (χ3v) is 5.04. The largest absolute Gasteiger partial charge is 0.507 e. The molecule has 0 unspecified atom stereocenters. The molecule has 0 spiro atoms. The lowest BCUT2D eigenvalue weighted by molar-refractivity contribution is 0.0600. The van der Waals surface area contributed by atoms with Gasteiger partial charge in [0, 0.05) is 17.8 Å².